The molecule has 0 aliphatic carbocycles. The molecule has 0 bridgehead atoms. The van der Waals surface area contributed by atoms with Crippen molar-refractivity contribution in [3.63, 3.8) is 0 Å². The number of carbonyl (C=O) groups is 1. The number of hydrogen-bond donors (Lipinski definition) is 1. The molecule has 5 nitrogen and oxygen atoms in total. The predicted molar refractivity (Wildman–Crippen MR) is 78.8 cm³/mol. The monoisotopic (exact) mass is 274 g/mol. The Morgan fingerprint density at radius 3 is 2.60 bits per heavy atom. The number of benzene rings is 1. The van der Waals surface area contributed by atoms with Crippen LogP contribution in [0.5, 0.6) is 5.75 Å². The molecule has 0 aliphatic heterocycles. The van der Waals surface area contributed by atoms with Crippen LogP contribution in [0.2, 0.25) is 0 Å². The number of rotatable bonds is 5. The SMILES string of the molecule is CCN(CC)c1c(C(=O)O)cnc2ccc(OC)cc12. The van der Waals surface area contributed by atoms with Crippen molar-refractivity contribution in [2.75, 3.05) is 25.1 Å². The van der Waals surface area contributed by atoms with Gasteiger partial charge in [0.2, 0.25) is 0 Å². The van der Waals surface area contributed by atoms with E-state index in [1.807, 2.05) is 36.9 Å². The minimum absolute atomic E-state index is 0.217. The number of aromatic carboxylic acids is 1. The zero-order chi connectivity index (χ0) is 14.7. The molecule has 0 fully saturated rings. The van der Waals surface area contributed by atoms with Crippen molar-refractivity contribution in [1.29, 1.82) is 0 Å². The van der Waals surface area contributed by atoms with Gasteiger partial charge in [-0.25, -0.2) is 4.79 Å². The minimum Gasteiger partial charge on any atom is -0.497 e. The summed E-state index contributed by atoms with van der Waals surface area (Å²) in [7, 11) is 1.59. The van der Waals surface area contributed by atoms with E-state index in [0.717, 1.165) is 24.0 Å². The van der Waals surface area contributed by atoms with Crippen molar-refractivity contribution < 1.29 is 14.6 Å². The van der Waals surface area contributed by atoms with Crippen LogP contribution in [0.15, 0.2) is 24.4 Å². The summed E-state index contributed by atoms with van der Waals surface area (Å²) in [5.74, 6) is -0.278. The number of ether oxygens (including phenoxy) is 1. The number of nitrogens with zero attached hydrogens (tertiary/aromatic N) is 2. The zero-order valence-corrected chi connectivity index (χ0v) is 11.9. The molecule has 0 radical (unpaired) electrons. The van der Waals surface area contributed by atoms with Crippen molar-refractivity contribution in [2.24, 2.45) is 0 Å². The topological polar surface area (TPSA) is 62.7 Å². The van der Waals surface area contributed by atoms with Gasteiger partial charge in [0.25, 0.3) is 0 Å². The summed E-state index contributed by atoms with van der Waals surface area (Å²) in [6, 6.07) is 5.50. The van der Waals surface area contributed by atoms with E-state index in [-0.39, 0.29) is 5.56 Å². The quantitative estimate of drug-likeness (QED) is 0.908. The van der Waals surface area contributed by atoms with Gasteiger partial charge in [-0.3, -0.25) is 4.98 Å². The van der Waals surface area contributed by atoms with Crippen LogP contribution in [0.25, 0.3) is 10.9 Å². The van der Waals surface area contributed by atoms with E-state index in [1.54, 1.807) is 7.11 Å². The third-order valence-electron chi connectivity index (χ3n) is 3.36. The molecule has 1 aromatic carbocycles. The van der Waals surface area contributed by atoms with Crippen LogP contribution in [0.4, 0.5) is 5.69 Å². The van der Waals surface area contributed by atoms with Crippen molar-refractivity contribution in [1.82, 2.24) is 4.98 Å². The van der Waals surface area contributed by atoms with Crippen LogP contribution < -0.4 is 9.64 Å². The zero-order valence-electron chi connectivity index (χ0n) is 11.9. The number of carboxylic acids is 1. The van der Waals surface area contributed by atoms with Gasteiger partial charge in [0.15, 0.2) is 0 Å². The molecule has 0 amide bonds. The molecule has 20 heavy (non-hydrogen) atoms. The number of methoxy groups -OCH3 is 1. The van der Waals surface area contributed by atoms with Crippen molar-refractivity contribution in [3.05, 3.63) is 30.0 Å². The summed E-state index contributed by atoms with van der Waals surface area (Å²) in [5, 5.41) is 10.2. The summed E-state index contributed by atoms with van der Waals surface area (Å²) < 4.78 is 5.23. The number of carboxylic acid groups (broad SMARTS) is 1. The Bertz CT molecular complexity index is 636. The highest BCUT2D eigenvalue weighted by molar-refractivity contribution is 6.04. The van der Waals surface area contributed by atoms with Gasteiger partial charge in [-0.2, -0.15) is 0 Å². The van der Waals surface area contributed by atoms with Gasteiger partial charge in [0, 0.05) is 24.7 Å². The normalized spacial score (nSPS) is 10.6. The molecule has 1 heterocycles. The lowest BCUT2D eigenvalue weighted by Gasteiger charge is -2.24. The Morgan fingerprint density at radius 2 is 2.05 bits per heavy atom. The maximum absolute atomic E-state index is 11.5. The fourth-order valence-corrected chi connectivity index (χ4v) is 2.32. The van der Waals surface area contributed by atoms with Gasteiger partial charge >= 0.3 is 5.97 Å². The van der Waals surface area contributed by atoms with Crippen LogP contribution in [-0.2, 0) is 0 Å². The van der Waals surface area contributed by atoms with E-state index < -0.39 is 5.97 Å². The number of aromatic nitrogens is 1. The van der Waals surface area contributed by atoms with Crippen molar-refractivity contribution in [3.8, 4) is 5.75 Å². The molecule has 0 unspecified atom stereocenters. The smallest absolute Gasteiger partial charge is 0.339 e. The second-order valence-electron chi connectivity index (χ2n) is 4.38. The molecular weight excluding hydrogens is 256 g/mol. The van der Waals surface area contributed by atoms with E-state index in [4.69, 9.17) is 4.74 Å². The van der Waals surface area contributed by atoms with Gasteiger partial charge in [-0.1, -0.05) is 0 Å². The van der Waals surface area contributed by atoms with Crippen LogP contribution in [0, 0.1) is 0 Å². The molecule has 1 aromatic heterocycles. The number of fused-ring (bicyclic) bond motifs is 1. The molecule has 106 valence electrons. The second kappa shape index (κ2) is 5.77. The van der Waals surface area contributed by atoms with Crippen LogP contribution in [-0.4, -0.2) is 36.3 Å². The molecule has 5 heteroatoms. The Kier molecular flexibility index (Phi) is 4.08. The first-order valence-corrected chi connectivity index (χ1v) is 6.57. The molecule has 0 spiro atoms. The maximum atomic E-state index is 11.5. The number of anilines is 1. The average molecular weight is 274 g/mol. The van der Waals surface area contributed by atoms with Gasteiger partial charge < -0.3 is 14.7 Å². The average Bonchev–Trinajstić information content (AvgIpc) is 2.47. The summed E-state index contributed by atoms with van der Waals surface area (Å²) in [6.07, 6.45) is 1.42. The Labute approximate surface area is 117 Å². The molecule has 0 saturated carbocycles. The van der Waals surface area contributed by atoms with E-state index in [9.17, 15) is 9.90 Å². The lowest BCUT2D eigenvalue weighted by atomic mass is 10.1. The highest BCUT2D eigenvalue weighted by Gasteiger charge is 2.18. The number of pyridine rings is 1. The molecule has 0 saturated heterocycles. The van der Waals surface area contributed by atoms with Gasteiger partial charge in [-0.15, -0.1) is 0 Å². The Hall–Kier alpha value is -2.30. The summed E-state index contributed by atoms with van der Waals surface area (Å²) in [6.45, 7) is 5.46. The Morgan fingerprint density at radius 1 is 1.35 bits per heavy atom. The standard InChI is InChI=1S/C15H18N2O3/c1-4-17(5-2)14-11-8-10(20-3)6-7-13(11)16-9-12(14)15(18)19/h6-9H,4-5H2,1-3H3,(H,18,19). The molecular formula is C15H18N2O3. The molecule has 2 aromatic rings. The van der Waals surface area contributed by atoms with Crippen molar-refractivity contribution in [2.45, 2.75) is 13.8 Å². The first kappa shape index (κ1) is 14.1. The highest BCUT2D eigenvalue weighted by atomic mass is 16.5. The Balaban J connectivity index is 2.80. The third kappa shape index (κ3) is 2.39. The van der Waals surface area contributed by atoms with E-state index in [2.05, 4.69) is 4.98 Å². The van der Waals surface area contributed by atoms with E-state index >= 15 is 0 Å². The lowest BCUT2D eigenvalue weighted by molar-refractivity contribution is 0.0697. The summed E-state index contributed by atoms with van der Waals surface area (Å²) in [4.78, 5) is 17.7. The fourth-order valence-electron chi connectivity index (χ4n) is 2.32. The van der Waals surface area contributed by atoms with Crippen LogP contribution in [0.1, 0.15) is 24.2 Å². The van der Waals surface area contributed by atoms with E-state index in [1.165, 1.54) is 6.20 Å². The molecule has 0 atom stereocenters. The minimum atomic E-state index is -0.968. The van der Waals surface area contributed by atoms with Crippen LogP contribution >= 0.6 is 0 Å². The molecule has 0 aliphatic rings. The van der Waals surface area contributed by atoms with Gasteiger partial charge in [-0.05, 0) is 32.0 Å². The first-order valence-electron chi connectivity index (χ1n) is 6.57. The van der Waals surface area contributed by atoms with Crippen LogP contribution in [0.3, 0.4) is 0 Å². The third-order valence-corrected chi connectivity index (χ3v) is 3.36. The fraction of sp³-hybridized carbons (Fsp3) is 0.333. The lowest BCUT2D eigenvalue weighted by Crippen LogP contribution is -2.24. The van der Waals surface area contributed by atoms with Crippen molar-refractivity contribution >= 4 is 22.6 Å². The highest BCUT2D eigenvalue weighted by Crippen LogP contribution is 2.32. The summed E-state index contributed by atoms with van der Waals surface area (Å²) >= 11 is 0. The maximum Gasteiger partial charge on any atom is 0.339 e. The van der Waals surface area contributed by atoms with E-state index in [0.29, 0.717) is 11.4 Å². The second-order valence-corrected chi connectivity index (χ2v) is 4.38. The largest absolute Gasteiger partial charge is 0.497 e. The first-order chi connectivity index (χ1) is 9.62. The van der Waals surface area contributed by atoms with Gasteiger partial charge in [0.1, 0.15) is 11.3 Å². The number of hydrogen-bond acceptors (Lipinski definition) is 4. The summed E-state index contributed by atoms with van der Waals surface area (Å²) in [5.41, 5.74) is 1.68. The molecule has 1 N–H and O–H groups in total. The molecule has 2 rings (SSSR count). The van der Waals surface area contributed by atoms with Gasteiger partial charge in [0.05, 0.1) is 18.3 Å². The predicted octanol–water partition coefficient (Wildman–Crippen LogP) is 2.79.